The number of benzene rings is 1. The Labute approximate surface area is 156 Å². The van der Waals surface area contributed by atoms with Crippen molar-refractivity contribution >= 4 is 17.6 Å². The second-order valence-corrected chi connectivity index (χ2v) is 7.18. The molecule has 0 aliphatic carbocycles. The lowest BCUT2D eigenvalue weighted by Crippen LogP contribution is -2.47. The number of carbonyl (C=O) groups is 1. The first kappa shape index (κ1) is 18.7. The van der Waals surface area contributed by atoms with Crippen molar-refractivity contribution in [1.29, 1.82) is 0 Å². The van der Waals surface area contributed by atoms with Gasteiger partial charge in [0.15, 0.2) is 5.96 Å². The molecule has 2 aliphatic rings. The summed E-state index contributed by atoms with van der Waals surface area (Å²) in [6.07, 6.45) is 4.27. The Balaban J connectivity index is 1.53. The number of rotatable bonds is 6. The number of para-hydroxylation sites is 1. The zero-order valence-corrected chi connectivity index (χ0v) is 15.9. The summed E-state index contributed by atoms with van der Waals surface area (Å²) in [4.78, 5) is 18.9. The zero-order chi connectivity index (χ0) is 18.4. The Hall–Kier alpha value is -2.08. The number of nitrogens with one attached hydrogen (secondary N) is 3. The standard InChI is InChI=1S/C20H31N5O/c1-3-16(25-10-6-7-11-25)14-23-20(21-2)22-13-15-12-19(26)24-18-9-5-4-8-17(15)18/h4-5,8-9,15-16H,3,6-7,10-14H2,1-2H3,(H,24,26)(H2,21,22,23). The van der Waals surface area contributed by atoms with E-state index < -0.39 is 0 Å². The SMILES string of the molecule is CCC(CNC(=NC)NCC1CC(=O)Nc2ccccc21)N1CCCC1. The normalized spacial score (nSPS) is 21.8. The maximum Gasteiger partial charge on any atom is 0.225 e. The van der Waals surface area contributed by atoms with Crippen molar-refractivity contribution in [2.75, 3.05) is 38.5 Å². The molecule has 6 nitrogen and oxygen atoms in total. The molecule has 3 rings (SSSR count). The number of hydrogen-bond acceptors (Lipinski definition) is 3. The van der Waals surface area contributed by atoms with Gasteiger partial charge in [-0.2, -0.15) is 0 Å². The second-order valence-electron chi connectivity index (χ2n) is 7.18. The van der Waals surface area contributed by atoms with E-state index in [9.17, 15) is 4.79 Å². The third kappa shape index (κ3) is 4.55. The summed E-state index contributed by atoms with van der Waals surface area (Å²) in [5.41, 5.74) is 2.12. The minimum Gasteiger partial charge on any atom is -0.356 e. The average molecular weight is 358 g/mol. The highest BCUT2D eigenvalue weighted by molar-refractivity contribution is 5.94. The number of aliphatic imine (C=N–C) groups is 1. The van der Waals surface area contributed by atoms with Gasteiger partial charge in [0.05, 0.1) is 0 Å². The van der Waals surface area contributed by atoms with Crippen molar-refractivity contribution in [2.24, 2.45) is 4.99 Å². The van der Waals surface area contributed by atoms with Gasteiger partial charge in [0.25, 0.3) is 0 Å². The fourth-order valence-corrected chi connectivity index (χ4v) is 3.98. The largest absolute Gasteiger partial charge is 0.356 e. The molecule has 2 unspecified atom stereocenters. The number of guanidine groups is 1. The predicted octanol–water partition coefficient (Wildman–Crippen LogP) is 2.15. The summed E-state index contributed by atoms with van der Waals surface area (Å²) in [5.74, 6) is 1.06. The van der Waals surface area contributed by atoms with Crippen molar-refractivity contribution in [2.45, 2.75) is 44.6 Å². The first-order chi connectivity index (χ1) is 12.7. The molecule has 0 spiro atoms. The monoisotopic (exact) mass is 357 g/mol. The van der Waals surface area contributed by atoms with Gasteiger partial charge in [0.1, 0.15) is 0 Å². The number of carbonyl (C=O) groups excluding carboxylic acids is 1. The van der Waals surface area contributed by atoms with Crippen LogP contribution >= 0.6 is 0 Å². The van der Waals surface area contributed by atoms with Crippen molar-refractivity contribution in [3.8, 4) is 0 Å². The number of hydrogen-bond donors (Lipinski definition) is 3. The van der Waals surface area contributed by atoms with E-state index in [4.69, 9.17) is 0 Å². The van der Waals surface area contributed by atoms with Gasteiger partial charge >= 0.3 is 0 Å². The van der Waals surface area contributed by atoms with Gasteiger partial charge in [-0.15, -0.1) is 0 Å². The van der Waals surface area contributed by atoms with Crippen LogP contribution in [0.3, 0.4) is 0 Å². The highest BCUT2D eigenvalue weighted by atomic mass is 16.1. The van der Waals surface area contributed by atoms with Crippen LogP contribution in [0.25, 0.3) is 0 Å². The molecule has 26 heavy (non-hydrogen) atoms. The summed E-state index contributed by atoms with van der Waals surface area (Å²) in [6.45, 7) is 6.27. The number of anilines is 1. The third-order valence-electron chi connectivity index (χ3n) is 5.48. The number of fused-ring (bicyclic) bond motifs is 1. The highest BCUT2D eigenvalue weighted by Crippen LogP contribution is 2.31. The Morgan fingerprint density at radius 2 is 2.08 bits per heavy atom. The van der Waals surface area contributed by atoms with Crippen LogP contribution in [0.15, 0.2) is 29.3 Å². The van der Waals surface area contributed by atoms with E-state index in [1.54, 1.807) is 7.05 Å². The van der Waals surface area contributed by atoms with Crippen LogP contribution in [0.4, 0.5) is 5.69 Å². The van der Waals surface area contributed by atoms with Crippen molar-refractivity contribution in [3.05, 3.63) is 29.8 Å². The molecule has 6 heteroatoms. The second kappa shape index (κ2) is 9.03. The topological polar surface area (TPSA) is 68.8 Å². The molecule has 0 radical (unpaired) electrons. The summed E-state index contributed by atoms with van der Waals surface area (Å²) in [7, 11) is 1.80. The average Bonchev–Trinajstić information content (AvgIpc) is 3.19. The molecular weight excluding hydrogens is 326 g/mol. The van der Waals surface area contributed by atoms with Crippen molar-refractivity contribution in [1.82, 2.24) is 15.5 Å². The molecule has 2 aliphatic heterocycles. The van der Waals surface area contributed by atoms with E-state index in [-0.39, 0.29) is 11.8 Å². The summed E-state index contributed by atoms with van der Waals surface area (Å²) in [6, 6.07) is 8.60. The van der Waals surface area contributed by atoms with Crippen LogP contribution in [0, 0.1) is 0 Å². The molecule has 3 N–H and O–H groups in total. The Bertz CT molecular complexity index is 639. The fraction of sp³-hybridized carbons (Fsp3) is 0.600. The number of nitrogens with zero attached hydrogens (tertiary/aromatic N) is 2. The van der Waals surface area contributed by atoms with Crippen LogP contribution in [0.5, 0.6) is 0 Å². The molecule has 1 aromatic carbocycles. The van der Waals surface area contributed by atoms with Crippen LogP contribution in [0.2, 0.25) is 0 Å². The van der Waals surface area contributed by atoms with Crippen molar-refractivity contribution in [3.63, 3.8) is 0 Å². The highest BCUT2D eigenvalue weighted by Gasteiger charge is 2.25. The van der Waals surface area contributed by atoms with Gasteiger partial charge in [-0.05, 0) is 44.0 Å². The summed E-state index contributed by atoms with van der Waals surface area (Å²) in [5, 5.41) is 9.83. The predicted molar refractivity (Wildman–Crippen MR) is 107 cm³/mol. The molecule has 2 heterocycles. The van der Waals surface area contributed by atoms with Gasteiger partial charge in [-0.25, -0.2) is 0 Å². The minimum atomic E-state index is 0.0820. The lowest BCUT2D eigenvalue weighted by atomic mass is 9.90. The number of likely N-dealkylation sites (tertiary alicyclic amines) is 1. The number of amides is 1. The minimum absolute atomic E-state index is 0.0820. The lowest BCUT2D eigenvalue weighted by Gasteiger charge is -2.28. The third-order valence-corrected chi connectivity index (χ3v) is 5.48. The molecule has 0 aromatic heterocycles. The Morgan fingerprint density at radius 3 is 2.81 bits per heavy atom. The van der Waals surface area contributed by atoms with Gasteiger partial charge < -0.3 is 16.0 Å². The van der Waals surface area contributed by atoms with Crippen LogP contribution < -0.4 is 16.0 Å². The molecular formula is C20H31N5O. The fourth-order valence-electron chi connectivity index (χ4n) is 3.98. The van der Waals surface area contributed by atoms with E-state index >= 15 is 0 Å². The van der Waals surface area contributed by atoms with Crippen molar-refractivity contribution < 1.29 is 4.79 Å². The van der Waals surface area contributed by atoms with Gasteiger partial charge in [-0.1, -0.05) is 25.1 Å². The van der Waals surface area contributed by atoms with Crippen LogP contribution in [-0.2, 0) is 4.79 Å². The van der Waals surface area contributed by atoms with Crippen LogP contribution in [0.1, 0.15) is 44.1 Å². The van der Waals surface area contributed by atoms with E-state index in [1.165, 1.54) is 31.5 Å². The molecule has 1 aromatic rings. The van der Waals surface area contributed by atoms with Gasteiger partial charge in [0.2, 0.25) is 5.91 Å². The smallest absolute Gasteiger partial charge is 0.225 e. The van der Waals surface area contributed by atoms with E-state index in [2.05, 4.69) is 38.8 Å². The van der Waals surface area contributed by atoms with E-state index in [0.29, 0.717) is 19.0 Å². The lowest BCUT2D eigenvalue weighted by molar-refractivity contribution is -0.116. The molecule has 142 valence electrons. The molecule has 1 saturated heterocycles. The zero-order valence-electron chi connectivity index (χ0n) is 15.9. The Morgan fingerprint density at radius 1 is 1.31 bits per heavy atom. The Kier molecular flexibility index (Phi) is 6.50. The van der Waals surface area contributed by atoms with E-state index in [0.717, 1.165) is 24.6 Å². The molecule has 2 atom stereocenters. The van der Waals surface area contributed by atoms with Gasteiger partial charge in [-0.3, -0.25) is 14.7 Å². The summed E-state index contributed by atoms with van der Waals surface area (Å²) >= 11 is 0. The maximum atomic E-state index is 12.0. The first-order valence-corrected chi connectivity index (χ1v) is 9.78. The molecule has 1 fully saturated rings. The van der Waals surface area contributed by atoms with Gasteiger partial charge in [0, 0.05) is 44.2 Å². The van der Waals surface area contributed by atoms with E-state index in [1.807, 2.05) is 18.2 Å². The molecule has 0 bridgehead atoms. The maximum absolute atomic E-state index is 12.0. The molecule has 0 saturated carbocycles. The van der Waals surface area contributed by atoms with Crippen LogP contribution in [-0.4, -0.2) is 56.0 Å². The quantitative estimate of drug-likeness (QED) is 0.539. The molecule has 1 amide bonds. The first-order valence-electron chi connectivity index (χ1n) is 9.78. The summed E-state index contributed by atoms with van der Waals surface area (Å²) < 4.78 is 0.